The van der Waals surface area contributed by atoms with E-state index in [-0.39, 0.29) is 6.04 Å². The van der Waals surface area contributed by atoms with Crippen molar-refractivity contribution in [3.8, 4) is 5.75 Å². The van der Waals surface area contributed by atoms with Crippen LogP contribution in [0.1, 0.15) is 44.7 Å². The van der Waals surface area contributed by atoms with Gasteiger partial charge in [-0.25, -0.2) is 4.79 Å². The van der Waals surface area contributed by atoms with E-state index in [1.54, 1.807) is 12.1 Å². The van der Waals surface area contributed by atoms with Gasteiger partial charge in [0.1, 0.15) is 5.75 Å². The van der Waals surface area contributed by atoms with Crippen LogP contribution >= 0.6 is 0 Å². The summed E-state index contributed by atoms with van der Waals surface area (Å²) in [7, 11) is 0. The molecule has 0 radical (unpaired) electrons. The second kappa shape index (κ2) is 7.01. The number of carboxylic acids is 1. The van der Waals surface area contributed by atoms with E-state index < -0.39 is 12.1 Å². The Kier molecular flexibility index (Phi) is 5.65. The van der Waals surface area contributed by atoms with E-state index in [9.17, 15) is 4.79 Å². The molecule has 0 saturated heterocycles. The summed E-state index contributed by atoms with van der Waals surface area (Å²) >= 11 is 0. The Balaban J connectivity index is 2.70. The number of carboxylic acid groups (broad SMARTS) is 1. The van der Waals surface area contributed by atoms with Gasteiger partial charge in [0.2, 0.25) is 0 Å². The van der Waals surface area contributed by atoms with Gasteiger partial charge in [-0.15, -0.1) is 0 Å². The van der Waals surface area contributed by atoms with Gasteiger partial charge in [-0.05, 0) is 30.5 Å². The maximum atomic E-state index is 11.0. The van der Waals surface area contributed by atoms with Gasteiger partial charge in [-0.2, -0.15) is 0 Å². The Morgan fingerprint density at radius 2 is 1.94 bits per heavy atom. The lowest BCUT2D eigenvalue weighted by Gasteiger charge is -2.15. The molecule has 18 heavy (non-hydrogen) atoms. The number of aliphatic carboxylic acids is 1. The topological polar surface area (TPSA) is 72.5 Å². The largest absolute Gasteiger partial charge is 0.479 e. The van der Waals surface area contributed by atoms with E-state index in [4.69, 9.17) is 15.6 Å². The average molecular weight is 251 g/mol. The standard InChI is InChI=1S/C14H21NO3/c1-3-5-13(14(16)17)18-11-8-6-10(7-9-11)12(15)4-2/h6-9,12-13H,3-5,15H2,1-2H3,(H,16,17)/t12-,13?/m0/s1. The summed E-state index contributed by atoms with van der Waals surface area (Å²) in [5, 5.41) is 9.00. The second-order valence-electron chi connectivity index (χ2n) is 4.32. The highest BCUT2D eigenvalue weighted by atomic mass is 16.5. The summed E-state index contributed by atoms with van der Waals surface area (Å²) in [5.41, 5.74) is 6.94. The number of rotatable bonds is 7. The lowest BCUT2D eigenvalue weighted by atomic mass is 10.1. The van der Waals surface area contributed by atoms with Crippen LogP contribution in [0.25, 0.3) is 0 Å². The number of nitrogens with two attached hydrogens (primary N) is 1. The van der Waals surface area contributed by atoms with Gasteiger partial charge in [0.05, 0.1) is 0 Å². The first kappa shape index (κ1) is 14.5. The molecule has 0 aliphatic rings. The van der Waals surface area contributed by atoms with Crippen molar-refractivity contribution < 1.29 is 14.6 Å². The lowest BCUT2D eigenvalue weighted by Crippen LogP contribution is -2.26. The fourth-order valence-electron chi connectivity index (χ4n) is 1.69. The molecule has 0 aliphatic heterocycles. The van der Waals surface area contributed by atoms with Crippen LogP contribution in [-0.4, -0.2) is 17.2 Å². The zero-order valence-corrected chi connectivity index (χ0v) is 10.9. The zero-order valence-electron chi connectivity index (χ0n) is 10.9. The molecular weight excluding hydrogens is 230 g/mol. The molecule has 0 saturated carbocycles. The highest BCUT2D eigenvalue weighted by molar-refractivity contribution is 5.72. The van der Waals surface area contributed by atoms with Gasteiger partial charge in [0, 0.05) is 6.04 Å². The van der Waals surface area contributed by atoms with Gasteiger partial charge in [-0.1, -0.05) is 32.4 Å². The van der Waals surface area contributed by atoms with Crippen LogP contribution in [0.4, 0.5) is 0 Å². The number of hydrogen-bond donors (Lipinski definition) is 2. The zero-order chi connectivity index (χ0) is 13.5. The Morgan fingerprint density at radius 3 is 2.39 bits per heavy atom. The van der Waals surface area contributed by atoms with Crippen LogP contribution in [0.2, 0.25) is 0 Å². The second-order valence-corrected chi connectivity index (χ2v) is 4.32. The van der Waals surface area contributed by atoms with Gasteiger partial charge in [0.25, 0.3) is 0 Å². The van der Waals surface area contributed by atoms with Gasteiger partial charge >= 0.3 is 5.97 Å². The first-order valence-corrected chi connectivity index (χ1v) is 6.33. The van der Waals surface area contributed by atoms with Crippen molar-refractivity contribution in [3.05, 3.63) is 29.8 Å². The summed E-state index contributed by atoms with van der Waals surface area (Å²) in [6.45, 7) is 3.96. The van der Waals surface area contributed by atoms with Gasteiger partial charge in [0.15, 0.2) is 6.10 Å². The molecule has 2 atom stereocenters. The highest BCUT2D eigenvalue weighted by Crippen LogP contribution is 2.20. The van der Waals surface area contributed by atoms with Crippen molar-refractivity contribution >= 4 is 5.97 Å². The molecule has 0 aliphatic carbocycles. The molecule has 3 N–H and O–H groups in total. The van der Waals surface area contributed by atoms with Crippen molar-refractivity contribution in [2.75, 3.05) is 0 Å². The smallest absolute Gasteiger partial charge is 0.344 e. The minimum absolute atomic E-state index is 0.0185. The van der Waals surface area contributed by atoms with E-state index in [2.05, 4.69) is 0 Å². The van der Waals surface area contributed by atoms with E-state index in [0.717, 1.165) is 18.4 Å². The number of benzene rings is 1. The molecule has 0 heterocycles. The van der Waals surface area contributed by atoms with Crippen molar-refractivity contribution in [1.82, 2.24) is 0 Å². The van der Waals surface area contributed by atoms with Crippen LogP contribution in [0.15, 0.2) is 24.3 Å². The van der Waals surface area contributed by atoms with Crippen LogP contribution in [0.3, 0.4) is 0 Å². The molecule has 0 aromatic heterocycles. The summed E-state index contributed by atoms with van der Waals surface area (Å²) in [5.74, 6) is -0.353. The maximum absolute atomic E-state index is 11.0. The first-order valence-electron chi connectivity index (χ1n) is 6.33. The van der Waals surface area contributed by atoms with Gasteiger partial charge < -0.3 is 15.6 Å². The maximum Gasteiger partial charge on any atom is 0.344 e. The Labute approximate surface area is 108 Å². The third-order valence-electron chi connectivity index (χ3n) is 2.85. The first-order chi connectivity index (χ1) is 8.58. The quantitative estimate of drug-likeness (QED) is 0.781. The molecule has 4 heteroatoms. The van der Waals surface area contributed by atoms with Crippen LogP contribution in [0, 0.1) is 0 Å². The van der Waals surface area contributed by atoms with Crippen molar-refractivity contribution in [3.63, 3.8) is 0 Å². The molecule has 100 valence electrons. The average Bonchev–Trinajstić information content (AvgIpc) is 2.38. The normalized spacial score (nSPS) is 13.9. The molecule has 0 amide bonds. The third kappa shape index (κ3) is 4.04. The molecule has 0 bridgehead atoms. The SMILES string of the molecule is CCCC(Oc1ccc([C@@H](N)CC)cc1)C(=O)O. The van der Waals surface area contributed by atoms with E-state index in [1.807, 2.05) is 26.0 Å². The molecular formula is C14H21NO3. The highest BCUT2D eigenvalue weighted by Gasteiger charge is 2.18. The number of ether oxygens (including phenoxy) is 1. The molecule has 1 aromatic carbocycles. The minimum atomic E-state index is -0.925. The number of hydrogen-bond acceptors (Lipinski definition) is 3. The Hall–Kier alpha value is -1.55. The Bertz CT molecular complexity index is 375. The Morgan fingerprint density at radius 1 is 1.33 bits per heavy atom. The third-order valence-corrected chi connectivity index (χ3v) is 2.85. The van der Waals surface area contributed by atoms with E-state index in [0.29, 0.717) is 12.2 Å². The number of carbonyl (C=O) groups is 1. The molecule has 0 fully saturated rings. The minimum Gasteiger partial charge on any atom is -0.479 e. The predicted octanol–water partition coefficient (Wildman–Crippen LogP) is 2.73. The van der Waals surface area contributed by atoms with E-state index >= 15 is 0 Å². The van der Waals surface area contributed by atoms with Crippen molar-refractivity contribution in [2.45, 2.75) is 45.3 Å². The van der Waals surface area contributed by atoms with Crippen LogP contribution in [0.5, 0.6) is 5.75 Å². The molecule has 1 aromatic rings. The molecule has 1 rings (SSSR count). The van der Waals surface area contributed by atoms with Crippen molar-refractivity contribution in [1.29, 1.82) is 0 Å². The summed E-state index contributed by atoms with van der Waals surface area (Å²) in [6.07, 6.45) is 1.37. The monoisotopic (exact) mass is 251 g/mol. The van der Waals surface area contributed by atoms with Gasteiger partial charge in [-0.3, -0.25) is 0 Å². The molecule has 1 unspecified atom stereocenters. The molecule has 4 nitrogen and oxygen atoms in total. The fraction of sp³-hybridized carbons (Fsp3) is 0.500. The predicted molar refractivity (Wildman–Crippen MR) is 70.6 cm³/mol. The lowest BCUT2D eigenvalue weighted by molar-refractivity contribution is -0.145. The summed E-state index contributed by atoms with van der Waals surface area (Å²) in [4.78, 5) is 11.0. The van der Waals surface area contributed by atoms with Crippen molar-refractivity contribution in [2.24, 2.45) is 5.73 Å². The molecule has 0 spiro atoms. The van der Waals surface area contributed by atoms with E-state index in [1.165, 1.54) is 0 Å². The summed E-state index contributed by atoms with van der Waals surface area (Å²) in [6, 6.07) is 7.33. The fourth-order valence-corrected chi connectivity index (χ4v) is 1.69. The van der Waals surface area contributed by atoms with Crippen LogP contribution in [-0.2, 0) is 4.79 Å². The summed E-state index contributed by atoms with van der Waals surface area (Å²) < 4.78 is 5.44. The van der Waals surface area contributed by atoms with Crippen LogP contribution < -0.4 is 10.5 Å².